The molecule has 7 nitrogen and oxygen atoms in total. The first-order valence-corrected chi connectivity index (χ1v) is 4.02. The van der Waals surface area contributed by atoms with E-state index in [0.29, 0.717) is 18.2 Å². The Morgan fingerprint density at radius 3 is 2.93 bits per heavy atom. The van der Waals surface area contributed by atoms with E-state index < -0.39 is 0 Å². The molecule has 0 radical (unpaired) electrons. The summed E-state index contributed by atoms with van der Waals surface area (Å²) in [5, 5.41) is 17.0. The van der Waals surface area contributed by atoms with E-state index in [2.05, 4.69) is 30.7 Å². The van der Waals surface area contributed by atoms with Crippen LogP contribution in [0.15, 0.2) is 18.5 Å². The second-order valence-electron chi connectivity index (χ2n) is 2.63. The Morgan fingerprint density at radius 2 is 2.29 bits per heavy atom. The average Bonchev–Trinajstić information content (AvgIpc) is 2.70. The fraction of sp³-hybridized carbons (Fsp3) is 0.143. The molecule has 0 aliphatic heterocycles. The van der Waals surface area contributed by atoms with Crippen molar-refractivity contribution < 1.29 is 0 Å². The number of nitrogens with two attached hydrogens (primary N) is 1. The van der Waals surface area contributed by atoms with Gasteiger partial charge in [0.15, 0.2) is 0 Å². The van der Waals surface area contributed by atoms with Crippen LogP contribution in [-0.4, -0.2) is 25.4 Å². The van der Waals surface area contributed by atoms with Gasteiger partial charge in [0.05, 0.1) is 6.54 Å². The zero-order valence-electron chi connectivity index (χ0n) is 7.31. The van der Waals surface area contributed by atoms with Crippen molar-refractivity contribution in [1.29, 1.82) is 0 Å². The maximum atomic E-state index is 5.39. The number of rotatable bonds is 3. The minimum Gasteiger partial charge on any atom is -0.382 e. The maximum absolute atomic E-state index is 5.39. The van der Waals surface area contributed by atoms with Crippen molar-refractivity contribution in [1.82, 2.24) is 25.4 Å². The van der Waals surface area contributed by atoms with Gasteiger partial charge in [-0.1, -0.05) is 0 Å². The number of nitrogens with one attached hydrogen (secondary N) is 2. The molecule has 0 fully saturated rings. The number of aromatic amines is 1. The number of anilines is 2. The third kappa shape index (κ3) is 1.94. The van der Waals surface area contributed by atoms with Crippen molar-refractivity contribution in [2.75, 3.05) is 11.1 Å². The van der Waals surface area contributed by atoms with Crippen LogP contribution in [0.2, 0.25) is 0 Å². The lowest BCUT2D eigenvalue weighted by Crippen LogP contribution is -2.04. The van der Waals surface area contributed by atoms with Crippen LogP contribution in [0.4, 0.5) is 11.6 Å². The summed E-state index contributed by atoms with van der Waals surface area (Å²) in [6, 6.07) is 3.43. The van der Waals surface area contributed by atoms with Crippen molar-refractivity contribution in [3.8, 4) is 0 Å². The predicted molar refractivity (Wildman–Crippen MR) is 50.2 cm³/mol. The Morgan fingerprint density at radius 1 is 1.36 bits per heavy atom. The minimum atomic E-state index is 0.398. The largest absolute Gasteiger partial charge is 0.382 e. The average molecular weight is 191 g/mol. The maximum Gasteiger partial charge on any atom is 0.149 e. The lowest BCUT2D eigenvalue weighted by atomic mass is 10.5. The lowest BCUT2D eigenvalue weighted by Gasteiger charge is -2.01. The predicted octanol–water partition coefficient (Wildman–Crippen LogP) is -0.211. The lowest BCUT2D eigenvalue weighted by molar-refractivity contribution is 0.932. The molecule has 0 amide bonds. The van der Waals surface area contributed by atoms with Gasteiger partial charge in [-0.25, -0.2) is 4.98 Å². The highest BCUT2D eigenvalue weighted by Gasteiger charge is 1.97. The van der Waals surface area contributed by atoms with Gasteiger partial charge in [-0.3, -0.25) is 5.10 Å². The molecule has 2 aromatic rings. The Labute approximate surface area is 79.8 Å². The zero-order chi connectivity index (χ0) is 9.80. The molecule has 0 saturated carbocycles. The van der Waals surface area contributed by atoms with Gasteiger partial charge in [-0.2, -0.15) is 5.10 Å². The summed E-state index contributed by atoms with van der Waals surface area (Å²) in [6.07, 6.45) is 1.45. The van der Waals surface area contributed by atoms with Gasteiger partial charge in [0, 0.05) is 0 Å². The molecule has 4 N–H and O–H groups in total. The molecule has 2 heterocycles. The second-order valence-corrected chi connectivity index (χ2v) is 2.63. The molecule has 14 heavy (non-hydrogen) atoms. The third-order valence-electron chi connectivity index (χ3n) is 1.59. The molecule has 2 rings (SSSR count). The summed E-state index contributed by atoms with van der Waals surface area (Å²) in [7, 11) is 0. The van der Waals surface area contributed by atoms with Crippen LogP contribution in [0.25, 0.3) is 0 Å². The molecule has 0 aliphatic carbocycles. The van der Waals surface area contributed by atoms with E-state index in [0.717, 1.165) is 5.82 Å². The summed E-state index contributed by atoms with van der Waals surface area (Å²) in [5.74, 6) is 1.79. The molecule has 0 aromatic carbocycles. The molecular formula is C7H9N7. The van der Waals surface area contributed by atoms with Crippen LogP contribution in [0.3, 0.4) is 0 Å². The van der Waals surface area contributed by atoms with Crippen molar-refractivity contribution in [3.05, 3.63) is 24.3 Å². The van der Waals surface area contributed by atoms with Gasteiger partial charge < -0.3 is 11.1 Å². The van der Waals surface area contributed by atoms with Gasteiger partial charge in [-0.05, 0) is 12.1 Å². The summed E-state index contributed by atoms with van der Waals surface area (Å²) in [4.78, 5) is 3.95. The summed E-state index contributed by atoms with van der Waals surface area (Å²) in [5.41, 5.74) is 5.39. The highest BCUT2D eigenvalue weighted by atomic mass is 15.2. The van der Waals surface area contributed by atoms with Crippen LogP contribution >= 0.6 is 0 Å². The Balaban J connectivity index is 1.95. The quantitative estimate of drug-likeness (QED) is 0.619. The Bertz CT molecular complexity index is 379. The molecule has 0 aliphatic rings. The number of hydrogen-bond donors (Lipinski definition) is 3. The number of nitrogens with zero attached hydrogens (tertiary/aromatic N) is 4. The van der Waals surface area contributed by atoms with Gasteiger partial charge in [0.2, 0.25) is 0 Å². The van der Waals surface area contributed by atoms with Crippen LogP contribution in [-0.2, 0) is 6.54 Å². The van der Waals surface area contributed by atoms with E-state index in [4.69, 9.17) is 5.73 Å². The molecule has 0 bridgehead atoms. The number of nitrogen functional groups attached to an aromatic ring is 1. The SMILES string of the molecule is Nc1ccc(NCc2ncn[nH]2)nn1. The van der Waals surface area contributed by atoms with Crippen molar-refractivity contribution in [2.45, 2.75) is 6.54 Å². The standard InChI is InChI=1S/C7H9N7/c8-5-1-2-6(14-12-5)9-3-7-10-4-11-13-7/h1-2,4H,3H2,(H2,8,12)(H,9,14)(H,10,11,13). The second kappa shape index (κ2) is 3.69. The third-order valence-corrected chi connectivity index (χ3v) is 1.59. The normalized spacial score (nSPS) is 10.0. The van der Waals surface area contributed by atoms with E-state index in [1.807, 2.05) is 0 Å². The van der Waals surface area contributed by atoms with E-state index in [1.54, 1.807) is 12.1 Å². The first-order valence-electron chi connectivity index (χ1n) is 4.02. The van der Waals surface area contributed by atoms with E-state index >= 15 is 0 Å². The van der Waals surface area contributed by atoms with Crippen LogP contribution in [0, 0.1) is 0 Å². The zero-order valence-corrected chi connectivity index (χ0v) is 7.31. The van der Waals surface area contributed by atoms with Crippen molar-refractivity contribution >= 4 is 11.6 Å². The molecule has 72 valence electrons. The molecule has 0 saturated heterocycles. The molecule has 0 unspecified atom stereocenters. The van der Waals surface area contributed by atoms with E-state index in [1.165, 1.54) is 6.33 Å². The monoisotopic (exact) mass is 191 g/mol. The fourth-order valence-electron chi connectivity index (χ4n) is 0.927. The molecule has 2 aromatic heterocycles. The highest BCUT2D eigenvalue weighted by Crippen LogP contribution is 2.03. The van der Waals surface area contributed by atoms with Crippen molar-refractivity contribution in [3.63, 3.8) is 0 Å². The summed E-state index contributed by atoms with van der Waals surface area (Å²) < 4.78 is 0. The summed E-state index contributed by atoms with van der Waals surface area (Å²) in [6.45, 7) is 0.526. The smallest absolute Gasteiger partial charge is 0.149 e. The van der Waals surface area contributed by atoms with E-state index in [-0.39, 0.29) is 0 Å². The van der Waals surface area contributed by atoms with Crippen LogP contribution in [0.5, 0.6) is 0 Å². The van der Waals surface area contributed by atoms with Gasteiger partial charge >= 0.3 is 0 Å². The number of hydrogen-bond acceptors (Lipinski definition) is 6. The van der Waals surface area contributed by atoms with E-state index in [9.17, 15) is 0 Å². The fourth-order valence-corrected chi connectivity index (χ4v) is 0.927. The van der Waals surface area contributed by atoms with Gasteiger partial charge in [0.1, 0.15) is 23.8 Å². The Hall–Kier alpha value is -2.18. The van der Waals surface area contributed by atoms with Gasteiger partial charge in [-0.15, -0.1) is 10.2 Å². The van der Waals surface area contributed by atoms with Crippen molar-refractivity contribution in [2.24, 2.45) is 0 Å². The number of aromatic nitrogens is 5. The molecule has 0 spiro atoms. The van der Waals surface area contributed by atoms with Gasteiger partial charge in [0.25, 0.3) is 0 Å². The molecule has 7 heteroatoms. The summed E-state index contributed by atoms with van der Waals surface area (Å²) >= 11 is 0. The highest BCUT2D eigenvalue weighted by molar-refractivity contribution is 5.38. The Kier molecular flexibility index (Phi) is 2.22. The first kappa shape index (κ1) is 8.42. The molecular weight excluding hydrogens is 182 g/mol. The molecule has 0 atom stereocenters. The topological polar surface area (TPSA) is 105 Å². The number of H-pyrrole nitrogens is 1. The van der Waals surface area contributed by atoms with Crippen LogP contribution in [0.1, 0.15) is 5.82 Å². The minimum absolute atomic E-state index is 0.398. The first-order chi connectivity index (χ1) is 6.84. The van der Waals surface area contributed by atoms with Crippen LogP contribution < -0.4 is 11.1 Å².